The van der Waals surface area contributed by atoms with E-state index in [0.717, 1.165) is 33.4 Å². The number of thioether (sulfide) groups is 1. The number of likely N-dealkylation sites (N-methyl/N-ethyl adjacent to an activating group) is 1. The summed E-state index contributed by atoms with van der Waals surface area (Å²) in [6, 6.07) is 5.15. The molecule has 0 aromatic heterocycles. The van der Waals surface area contributed by atoms with Crippen LogP contribution >= 0.6 is 11.8 Å². The first kappa shape index (κ1) is 124. The average Bonchev–Trinajstić information content (AvgIpc) is 1.59. The summed E-state index contributed by atoms with van der Waals surface area (Å²) in [6.45, 7) is 49.3. The molecular weight excluding hydrogens is 1960 g/mol. The number of nitrogens with one attached hydrogen (secondary N) is 7. The number of hydrogen-bond acceptors (Lipinski definition) is 27. The summed E-state index contributed by atoms with van der Waals surface area (Å²) in [4.78, 5) is 206. The van der Waals surface area contributed by atoms with Crippen LogP contribution in [0.3, 0.4) is 0 Å². The van der Waals surface area contributed by atoms with Crippen LogP contribution in [0.5, 0.6) is 23.0 Å². The van der Waals surface area contributed by atoms with E-state index in [2.05, 4.69) is 46.0 Å². The van der Waals surface area contributed by atoms with E-state index in [-0.39, 0.29) is 85.2 Å². The molecule has 12 atom stereocenters. The van der Waals surface area contributed by atoms with Crippen molar-refractivity contribution in [2.24, 2.45) is 50.9 Å². The van der Waals surface area contributed by atoms with Crippen molar-refractivity contribution in [3.05, 3.63) is 104 Å². The largest absolute Gasteiger partial charge is 0.488 e. The number of sulfonamides is 2. The SMILES string of the molecule is CC(=O)CNC(=O)CCC(=O)[C@H](CCCN=C(N)NS(=O)(=O)c1c(C)c(C)c2c(c1C)OC(C)(C)C2)NC(=O)[C@@H](CC(=O)[C@H](Cc1ccc(OC(C)(C)C)cc1)NC(=O)[C@H]1CC(=O)[C@H](CCCN=C(N)NS(=O)(=O)c2c(C)c(C)c3c(c2C)OC(C)(C)C3)NC(=O)[C@H]([C@@H](C)OC(C)(C)C)CC(=O)[C@H]([C@@H](C)OC(C)(C)C)NC(=O)[C@H]([C@@H](C)OC(C)(C)C)CC(=O)[C@H](CSCC(N)=O)N(C)C(=O)C1)Cc1ccc(OC(C)(C)C)cc1. The van der Waals surface area contributed by atoms with Crippen molar-refractivity contribution in [3.8, 4) is 23.0 Å². The van der Waals surface area contributed by atoms with Crippen LogP contribution in [-0.4, -0.2) is 236 Å². The number of nitrogens with two attached hydrogens (primary N) is 3. The number of nitrogens with zero attached hydrogens (tertiary/aromatic N) is 3. The standard InChI is InChI=1S/C108H163N13O24S3/c1-59(122)56-114-89(129)44-43-83(123)79(33-31-45-112-100(110)119-147(135,136)94-62(4)60(2)77-54-107(26,27)144-92(77)64(94)6)115-96(131)71(47-69-35-39-73(40-36-69)142-105(20,21)22)49-85(125)81(48-70-37-41-74(42-38-70)143-106(23,24)25)117-97(132)72-50-84(124)80(34-32-46-113-101(111)120-148(137,138)95-63(5)61(3)78-55-108(28,29)145-93(78)65(95)7)116-98(133)76(67(9)140-103(14,15)16)53-87(127)91(68(10)141-104(17,18)19)118-99(134)75(66(8)139-102(11,12)13)52-86(126)82(57-146-58-88(109)128)121(30)90(130)51-72/h35-42,66-68,71-72,75-76,79-82,91H,31-34,43-58H2,1-30H3,(H2,109,128)(H,114,129)(H,115,131)(H,116,133)(H,117,132)(H,118,134)(H3,110,112,119)(H3,111,113,120)/t66-,67-,68-,71-,72+,75+,76+,79+,80+,81+,82+,91+/m1/s1. The number of fused-ring (bicyclic) bond motifs is 2. The number of guanidine groups is 2. The maximum Gasteiger partial charge on any atom is 0.264 e. The van der Waals surface area contributed by atoms with Crippen molar-refractivity contribution < 1.29 is 112 Å². The Balaban J connectivity index is 1.41. The Labute approximate surface area is 878 Å². The minimum atomic E-state index is -4.50. The number of ether oxygens (including phenoxy) is 7. The zero-order valence-corrected chi connectivity index (χ0v) is 94.7. The summed E-state index contributed by atoms with van der Waals surface area (Å²) in [5.74, 6) is -17.1. The minimum absolute atomic E-state index is 0.0518. The number of carbonyl (C=O) groups is 13. The van der Waals surface area contributed by atoms with Gasteiger partial charge in [-0.05, 0) is 297 Å². The Hall–Kier alpha value is -10.9. The van der Waals surface area contributed by atoms with Crippen molar-refractivity contribution >= 4 is 120 Å². The summed E-state index contributed by atoms with van der Waals surface area (Å²) in [6.07, 6.45) is -8.88. The van der Waals surface area contributed by atoms with Crippen molar-refractivity contribution in [2.45, 2.75) is 395 Å². The number of hydrogen-bond donors (Lipinski definition) is 10. The van der Waals surface area contributed by atoms with Gasteiger partial charge in [0.2, 0.25) is 53.3 Å². The maximum atomic E-state index is 16.5. The Morgan fingerprint density at radius 1 is 0.541 bits per heavy atom. The number of Topliss-reactive ketones (excluding diaryl/α,β-unsaturated/α-hetero) is 6. The third kappa shape index (κ3) is 37.6. The van der Waals surface area contributed by atoms with E-state index in [4.69, 9.17) is 50.4 Å². The molecule has 4 aromatic rings. The Bertz CT molecular complexity index is 5830. The van der Waals surface area contributed by atoms with Gasteiger partial charge in [-0.25, -0.2) is 26.3 Å². The van der Waals surface area contributed by atoms with Crippen molar-refractivity contribution in [3.63, 3.8) is 0 Å². The highest BCUT2D eigenvalue weighted by molar-refractivity contribution is 8.00. The maximum absolute atomic E-state index is 16.5. The van der Waals surface area contributed by atoms with Gasteiger partial charge in [0.25, 0.3) is 20.0 Å². The van der Waals surface area contributed by atoms with Crippen LogP contribution in [0, 0.1) is 65.2 Å². The molecule has 0 spiro atoms. The van der Waals surface area contributed by atoms with Crippen molar-refractivity contribution in [1.82, 2.24) is 40.9 Å². The number of ketones is 6. The van der Waals surface area contributed by atoms with Gasteiger partial charge in [-0.3, -0.25) is 72.3 Å². The number of carbonyl (C=O) groups excluding carboxylic acids is 13. The van der Waals surface area contributed by atoms with Gasteiger partial charge in [-0.1, -0.05) is 24.3 Å². The first-order chi connectivity index (χ1) is 68.0. The predicted molar refractivity (Wildman–Crippen MR) is 568 cm³/mol. The molecule has 822 valence electrons. The van der Waals surface area contributed by atoms with Crippen LogP contribution in [0.25, 0.3) is 0 Å². The van der Waals surface area contributed by atoms with Gasteiger partial charge >= 0.3 is 0 Å². The highest BCUT2D eigenvalue weighted by Crippen LogP contribution is 2.46. The Morgan fingerprint density at radius 3 is 1.44 bits per heavy atom. The molecule has 3 aliphatic heterocycles. The summed E-state index contributed by atoms with van der Waals surface area (Å²) in [5.41, 5.74) is 18.6. The van der Waals surface area contributed by atoms with E-state index in [9.17, 15) is 36.0 Å². The molecule has 3 aliphatic rings. The molecule has 0 aliphatic carbocycles. The Morgan fingerprint density at radius 2 is 0.986 bits per heavy atom. The van der Waals surface area contributed by atoms with Crippen LogP contribution < -0.4 is 72.2 Å². The summed E-state index contributed by atoms with van der Waals surface area (Å²) in [5, 5.41) is 13.9. The minimum Gasteiger partial charge on any atom is -0.488 e. The van der Waals surface area contributed by atoms with E-state index in [1.54, 1.807) is 166 Å². The molecule has 40 heteroatoms. The normalized spacial score (nSPS) is 19.9. The highest BCUT2D eigenvalue weighted by Gasteiger charge is 2.46. The topological polar surface area (TPSA) is 545 Å². The number of primary amides is 1. The van der Waals surface area contributed by atoms with Crippen molar-refractivity contribution in [2.75, 3.05) is 38.2 Å². The quantitative estimate of drug-likeness (QED) is 0.0112. The molecule has 4 aromatic carbocycles. The van der Waals surface area contributed by atoms with Gasteiger partial charge in [0.05, 0.1) is 99.1 Å². The molecule has 1 fully saturated rings. The summed E-state index contributed by atoms with van der Waals surface area (Å²) in [7, 11) is -7.68. The Kier molecular flexibility index (Phi) is 42.9. The monoisotopic (exact) mass is 2120 g/mol. The fourth-order valence-corrected chi connectivity index (χ4v) is 22.5. The third-order valence-electron chi connectivity index (χ3n) is 25.5. The lowest BCUT2D eigenvalue weighted by Gasteiger charge is -2.35. The lowest BCUT2D eigenvalue weighted by atomic mass is 9.87. The fourth-order valence-electron chi connectivity index (χ4n) is 18.6. The van der Waals surface area contributed by atoms with Crippen LogP contribution in [0.2, 0.25) is 0 Å². The van der Waals surface area contributed by atoms with Gasteiger partial charge in [-0.2, -0.15) is 0 Å². The number of aliphatic imine (C=N–C) groups is 2. The summed E-state index contributed by atoms with van der Waals surface area (Å²) < 4.78 is 107. The molecule has 3 heterocycles. The average molecular weight is 2120 g/mol. The summed E-state index contributed by atoms with van der Waals surface area (Å²) >= 11 is 0.869. The third-order valence-corrected chi connectivity index (χ3v) is 29.8. The smallest absolute Gasteiger partial charge is 0.264 e. The molecule has 0 radical (unpaired) electrons. The molecule has 7 rings (SSSR count). The zero-order valence-electron chi connectivity index (χ0n) is 92.3. The van der Waals surface area contributed by atoms with Gasteiger partial charge in [0.15, 0.2) is 28.9 Å². The molecule has 0 unspecified atom stereocenters. The molecule has 0 bridgehead atoms. The van der Waals surface area contributed by atoms with Gasteiger partial charge in [0, 0.05) is 112 Å². The lowest BCUT2D eigenvalue weighted by molar-refractivity contribution is -0.149. The van der Waals surface area contributed by atoms with E-state index < -0.39 is 259 Å². The molecule has 7 amide bonds. The predicted octanol–water partition coefficient (Wildman–Crippen LogP) is 10.6. The zero-order chi connectivity index (χ0) is 112. The van der Waals surface area contributed by atoms with Crippen LogP contribution in [0.1, 0.15) is 286 Å². The van der Waals surface area contributed by atoms with Crippen LogP contribution in [0.15, 0.2) is 68.3 Å². The second-order valence-corrected chi connectivity index (χ2v) is 49.9. The number of benzene rings is 4. The number of rotatable bonds is 41. The highest BCUT2D eigenvalue weighted by atomic mass is 32.2. The molecule has 148 heavy (non-hydrogen) atoms. The number of amides is 7. The molecule has 37 nitrogen and oxygen atoms in total. The van der Waals surface area contributed by atoms with E-state index in [1.807, 2.05) is 76.2 Å². The second kappa shape index (κ2) is 51.3. The van der Waals surface area contributed by atoms with Gasteiger partial charge in [0.1, 0.15) is 57.2 Å². The van der Waals surface area contributed by atoms with Gasteiger partial charge in [-0.15, -0.1) is 11.8 Å². The molecule has 1 saturated heterocycles. The van der Waals surface area contributed by atoms with Crippen molar-refractivity contribution in [1.29, 1.82) is 0 Å². The van der Waals surface area contributed by atoms with E-state index in [1.165, 1.54) is 14.0 Å². The molecule has 0 saturated carbocycles. The lowest BCUT2D eigenvalue weighted by Crippen LogP contribution is -2.55. The fraction of sp³-hybridized carbons (Fsp3) is 0.639. The molecule has 13 N–H and O–H groups in total. The first-order valence-corrected chi connectivity index (χ1v) is 54.8. The second-order valence-electron chi connectivity index (χ2n) is 45.7. The van der Waals surface area contributed by atoms with E-state index >= 15 is 43.2 Å². The van der Waals surface area contributed by atoms with Crippen LogP contribution in [-0.2, 0) is 122 Å². The van der Waals surface area contributed by atoms with Crippen LogP contribution in [0.4, 0.5) is 0 Å². The van der Waals surface area contributed by atoms with Gasteiger partial charge < -0.3 is 81.8 Å². The first-order valence-electron chi connectivity index (χ1n) is 50.7. The molecular formula is C108H163N13O24S3. The van der Waals surface area contributed by atoms with E-state index in [0.29, 0.717) is 74.8 Å².